The monoisotopic (exact) mass is 411 g/mol. The summed E-state index contributed by atoms with van der Waals surface area (Å²) < 4.78 is 0. The molecule has 2 heterocycles. The highest BCUT2D eigenvalue weighted by Gasteiger charge is 2.27. The number of rotatable bonds is 3. The van der Waals surface area contributed by atoms with Crippen molar-refractivity contribution in [3.8, 4) is 0 Å². The van der Waals surface area contributed by atoms with Gasteiger partial charge in [0.2, 0.25) is 11.8 Å². The van der Waals surface area contributed by atoms with E-state index in [0.29, 0.717) is 54.8 Å². The van der Waals surface area contributed by atoms with E-state index in [4.69, 9.17) is 23.2 Å². The summed E-state index contributed by atoms with van der Waals surface area (Å²) in [6, 6.07) is 4.77. The SMILES string of the molecule is O=C(CN1CCCCCC1=O)N1CCN(C(=O)c2cc(Cl)cc(Cl)c2)CC1. The van der Waals surface area contributed by atoms with Gasteiger partial charge in [-0.05, 0) is 31.0 Å². The first-order valence-corrected chi connectivity index (χ1v) is 10.0. The van der Waals surface area contributed by atoms with Gasteiger partial charge in [-0.1, -0.05) is 29.6 Å². The Kier molecular flexibility index (Phi) is 6.60. The number of nitrogens with zero attached hydrogens (tertiary/aromatic N) is 3. The zero-order valence-corrected chi connectivity index (χ0v) is 16.6. The van der Waals surface area contributed by atoms with Gasteiger partial charge >= 0.3 is 0 Å². The van der Waals surface area contributed by atoms with Crippen LogP contribution in [0.25, 0.3) is 0 Å². The van der Waals surface area contributed by atoms with Crippen LogP contribution in [0.2, 0.25) is 10.0 Å². The summed E-state index contributed by atoms with van der Waals surface area (Å²) in [6.45, 7) is 2.60. The normalized spacial score (nSPS) is 18.4. The molecule has 0 bridgehead atoms. The lowest BCUT2D eigenvalue weighted by molar-refractivity contribution is -0.141. The maximum atomic E-state index is 12.6. The van der Waals surface area contributed by atoms with Crippen molar-refractivity contribution in [3.05, 3.63) is 33.8 Å². The highest BCUT2D eigenvalue weighted by Crippen LogP contribution is 2.21. The predicted molar refractivity (Wildman–Crippen MR) is 104 cm³/mol. The topological polar surface area (TPSA) is 60.9 Å². The van der Waals surface area contributed by atoms with Crippen LogP contribution in [0.15, 0.2) is 18.2 Å². The number of hydrogen-bond acceptors (Lipinski definition) is 3. The minimum Gasteiger partial charge on any atom is -0.338 e. The van der Waals surface area contributed by atoms with Gasteiger partial charge in [0.1, 0.15) is 0 Å². The first-order valence-electron chi connectivity index (χ1n) is 9.25. The molecule has 0 unspecified atom stereocenters. The first kappa shape index (κ1) is 20.0. The van der Waals surface area contributed by atoms with Crippen LogP contribution in [0.1, 0.15) is 36.0 Å². The fraction of sp³-hybridized carbons (Fsp3) is 0.526. The third kappa shape index (κ3) is 5.14. The molecule has 1 aromatic carbocycles. The molecule has 3 rings (SSSR count). The summed E-state index contributed by atoms with van der Waals surface area (Å²) in [5, 5.41) is 0.837. The van der Waals surface area contributed by atoms with Crippen molar-refractivity contribution in [2.45, 2.75) is 25.7 Å². The molecule has 1 aromatic rings. The van der Waals surface area contributed by atoms with Crippen molar-refractivity contribution in [3.63, 3.8) is 0 Å². The maximum absolute atomic E-state index is 12.6. The summed E-state index contributed by atoms with van der Waals surface area (Å²) in [5.41, 5.74) is 0.447. The molecule has 0 spiro atoms. The summed E-state index contributed by atoms with van der Waals surface area (Å²) >= 11 is 11.9. The molecule has 0 atom stereocenters. The number of halogens is 2. The van der Waals surface area contributed by atoms with E-state index in [9.17, 15) is 14.4 Å². The molecule has 3 amide bonds. The number of amides is 3. The van der Waals surface area contributed by atoms with Gasteiger partial charge in [-0.15, -0.1) is 0 Å². The number of piperazine rings is 1. The molecule has 2 saturated heterocycles. The summed E-state index contributed by atoms with van der Waals surface area (Å²) in [5.74, 6) is -0.134. The molecule has 146 valence electrons. The van der Waals surface area contributed by atoms with E-state index >= 15 is 0 Å². The second kappa shape index (κ2) is 8.93. The average molecular weight is 412 g/mol. The van der Waals surface area contributed by atoms with Crippen molar-refractivity contribution in [2.75, 3.05) is 39.3 Å². The van der Waals surface area contributed by atoms with Crippen molar-refractivity contribution in [1.29, 1.82) is 0 Å². The van der Waals surface area contributed by atoms with Gasteiger partial charge in [-0.3, -0.25) is 14.4 Å². The van der Waals surface area contributed by atoms with Crippen molar-refractivity contribution in [1.82, 2.24) is 14.7 Å². The molecule has 8 heteroatoms. The Bertz CT molecular complexity index is 713. The zero-order valence-electron chi connectivity index (χ0n) is 15.1. The van der Waals surface area contributed by atoms with Crippen LogP contribution in [0, 0.1) is 0 Å². The number of carbonyl (C=O) groups excluding carboxylic acids is 3. The fourth-order valence-electron chi connectivity index (χ4n) is 3.49. The summed E-state index contributed by atoms with van der Waals surface area (Å²) in [4.78, 5) is 42.3. The van der Waals surface area contributed by atoms with Crippen LogP contribution in [0.5, 0.6) is 0 Å². The van der Waals surface area contributed by atoms with Gasteiger partial charge in [0.25, 0.3) is 5.91 Å². The van der Waals surface area contributed by atoms with Crippen LogP contribution in [0.3, 0.4) is 0 Å². The van der Waals surface area contributed by atoms with E-state index in [-0.39, 0.29) is 24.3 Å². The van der Waals surface area contributed by atoms with Crippen LogP contribution in [0.4, 0.5) is 0 Å². The molecule has 0 aromatic heterocycles. The molecule has 2 fully saturated rings. The zero-order chi connectivity index (χ0) is 19.4. The lowest BCUT2D eigenvalue weighted by Gasteiger charge is -2.36. The number of likely N-dealkylation sites (tertiary alicyclic amines) is 1. The van der Waals surface area contributed by atoms with Gasteiger partial charge in [-0.2, -0.15) is 0 Å². The highest BCUT2D eigenvalue weighted by atomic mass is 35.5. The minimum atomic E-state index is -0.144. The number of carbonyl (C=O) groups is 3. The third-order valence-electron chi connectivity index (χ3n) is 5.03. The van der Waals surface area contributed by atoms with E-state index in [1.807, 2.05) is 0 Å². The average Bonchev–Trinajstić information content (AvgIpc) is 2.85. The molecule has 0 N–H and O–H groups in total. The maximum Gasteiger partial charge on any atom is 0.254 e. The standard InChI is InChI=1S/C19H23Cl2N3O3/c20-15-10-14(11-16(21)12-15)19(27)23-8-6-22(7-9-23)18(26)13-24-5-3-1-2-4-17(24)25/h10-12H,1-9,13H2. The number of benzene rings is 1. The van der Waals surface area contributed by atoms with Crippen LogP contribution in [-0.2, 0) is 9.59 Å². The second-order valence-electron chi connectivity index (χ2n) is 6.96. The van der Waals surface area contributed by atoms with Crippen LogP contribution >= 0.6 is 23.2 Å². The minimum absolute atomic E-state index is 0.0526. The molecular weight excluding hydrogens is 389 g/mol. The van der Waals surface area contributed by atoms with Crippen LogP contribution < -0.4 is 0 Å². The first-order chi connectivity index (χ1) is 12.9. The molecule has 2 aliphatic rings. The Hall–Kier alpha value is -1.79. The number of hydrogen-bond donors (Lipinski definition) is 0. The van der Waals surface area contributed by atoms with Gasteiger partial charge in [0, 0.05) is 54.8 Å². The summed E-state index contributed by atoms with van der Waals surface area (Å²) in [7, 11) is 0. The van der Waals surface area contributed by atoms with Gasteiger partial charge < -0.3 is 14.7 Å². The molecule has 0 saturated carbocycles. The smallest absolute Gasteiger partial charge is 0.254 e. The lowest BCUT2D eigenvalue weighted by atomic mass is 10.2. The van der Waals surface area contributed by atoms with Gasteiger partial charge in [0.05, 0.1) is 6.54 Å². The third-order valence-corrected chi connectivity index (χ3v) is 5.46. The highest BCUT2D eigenvalue weighted by molar-refractivity contribution is 6.35. The van der Waals surface area contributed by atoms with Crippen molar-refractivity contribution >= 4 is 40.9 Å². The molecule has 6 nitrogen and oxygen atoms in total. The largest absolute Gasteiger partial charge is 0.338 e. The molecule has 0 aliphatic carbocycles. The molecule has 2 aliphatic heterocycles. The van der Waals surface area contributed by atoms with E-state index in [1.165, 1.54) is 0 Å². The molecule has 0 radical (unpaired) electrons. The second-order valence-corrected chi connectivity index (χ2v) is 7.83. The quantitative estimate of drug-likeness (QED) is 0.767. The Morgan fingerprint density at radius 1 is 0.852 bits per heavy atom. The fourth-order valence-corrected chi connectivity index (χ4v) is 4.01. The summed E-state index contributed by atoms with van der Waals surface area (Å²) in [6.07, 6.45) is 3.41. The Morgan fingerprint density at radius 3 is 2.15 bits per heavy atom. The van der Waals surface area contributed by atoms with E-state index < -0.39 is 0 Å². The van der Waals surface area contributed by atoms with Gasteiger partial charge in [0.15, 0.2) is 0 Å². The Morgan fingerprint density at radius 2 is 1.48 bits per heavy atom. The van der Waals surface area contributed by atoms with Crippen LogP contribution in [-0.4, -0.2) is 71.7 Å². The Balaban J connectivity index is 1.54. The van der Waals surface area contributed by atoms with Crippen molar-refractivity contribution in [2.24, 2.45) is 0 Å². The Labute approximate surface area is 169 Å². The lowest BCUT2D eigenvalue weighted by Crippen LogP contribution is -2.53. The van der Waals surface area contributed by atoms with Gasteiger partial charge in [-0.25, -0.2) is 0 Å². The predicted octanol–water partition coefficient (Wildman–Crippen LogP) is 2.68. The van der Waals surface area contributed by atoms with Crippen molar-refractivity contribution < 1.29 is 14.4 Å². The van der Waals surface area contributed by atoms with E-state index in [2.05, 4.69) is 0 Å². The van der Waals surface area contributed by atoms with E-state index in [0.717, 1.165) is 19.3 Å². The molecular formula is C19H23Cl2N3O3. The molecule has 27 heavy (non-hydrogen) atoms. The van der Waals surface area contributed by atoms with E-state index in [1.54, 1.807) is 32.9 Å².